The average Bonchev–Trinajstić information content (AvgIpc) is 2.96. The molecule has 0 saturated heterocycles. The molecular formula is C25H39N. The summed E-state index contributed by atoms with van der Waals surface area (Å²) in [5.74, 6) is 3.56. The summed E-state index contributed by atoms with van der Waals surface area (Å²) >= 11 is 0. The minimum atomic E-state index is 0.496. The molecule has 0 amide bonds. The van der Waals surface area contributed by atoms with Crippen LogP contribution in [0.15, 0.2) is 28.8 Å². The molecule has 4 aliphatic rings. The van der Waals surface area contributed by atoms with Crippen molar-refractivity contribution in [3.05, 3.63) is 23.8 Å². The SMILES string of the molecule is C=C(C)C/N=C(\C)C1CCC2C3CCC4=CCCCC4(C)C3CCC12C. The number of rotatable bonds is 3. The average molecular weight is 354 g/mol. The van der Waals surface area contributed by atoms with Crippen molar-refractivity contribution in [2.24, 2.45) is 39.5 Å². The quantitative estimate of drug-likeness (QED) is 0.383. The zero-order valence-electron chi connectivity index (χ0n) is 17.6. The lowest BCUT2D eigenvalue weighted by Crippen LogP contribution is -2.50. The third-order valence-electron chi connectivity index (χ3n) is 9.13. The summed E-state index contributed by atoms with van der Waals surface area (Å²) < 4.78 is 0. The Bertz CT molecular complexity index is 641. The molecule has 0 aromatic carbocycles. The van der Waals surface area contributed by atoms with Gasteiger partial charge in [-0.3, -0.25) is 4.99 Å². The van der Waals surface area contributed by atoms with Gasteiger partial charge in [-0.05, 0) is 100 Å². The Morgan fingerprint density at radius 3 is 2.69 bits per heavy atom. The lowest BCUT2D eigenvalue weighted by atomic mass is 9.47. The third kappa shape index (κ3) is 2.76. The first-order chi connectivity index (χ1) is 12.4. The molecule has 1 nitrogen and oxygen atoms in total. The van der Waals surface area contributed by atoms with Gasteiger partial charge < -0.3 is 0 Å². The summed E-state index contributed by atoms with van der Waals surface area (Å²) in [7, 11) is 0. The van der Waals surface area contributed by atoms with E-state index >= 15 is 0 Å². The van der Waals surface area contributed by atoms with Gasteiger partial charge >= 0.3 is 0 Å². The van der Waals surface area contributed by atoms with Crippen LogP contribution in [0.5, 0.6) is 0 Å². The molecule has 0 N–H and O–H groups in total. The summed E-state index contributed by atoms with van der Waals surface area (Å²) in [5.41, 5.74) is 5.46. The lowest BCUT2D eigenvalue weighted by molar-refractivity contribution is -0.0431. The molecule has 4 aliphatic carbocycles. The second kappa shape index (κ2) is 6.64. The fraction of sp³-hybridized carbons (Fsp3) is 0.800. The van der Waals surface area contributed by atoms with Crippen molar-refractivity contribution < 1.29 is 0 Å². The summed E-state index contributed by atoms with van der Waals surface area (Å²) in [4.78, 5) is 4.93. The fourth-order valence-electron chi connectivity index (χ4n) is 7.81. The predicted octanol–water partition coefficient (Wildman–Crippen LogP) is 6.99. The number of hydrogen-bond acceptors (Lipinski definition) is 1. The second-order valence-corrected chi connectivity index (χ2v) is 10.5. The van der Waals surface area contributed by atoms with Crippen LogP contribution in [0.3, 0.4) is 0 Å². The first-order valence-electron chi connectivity index (χ1n) is 11.2. The smallest absolute Gasteiger partial charge is 0.0593 e. The zero-order valence-corrected chi connectivity index (χ0v) is 17.6. The van der Waals surface area contributed by atoms with Gasteiger partial charge in [0.2, 0.25) is 0 Å². The molecule has 3 fully saturated rings. The standard InChI is InChI=1S/C25H39N/c1-17(2)16-26-18(3)21-11-12-22-20-10-9-19-8-6-7-14-24(19,4)23(20)13-15-25(21,22)5/h8,20-23H,1,6-7,9-16H2,2-5H3/b26-18+. The van der Waals surface area contributed by atoms with Gasteiger partial charge in [-0.25, -0.2) is 0 Å². The maximum Gasteiger partial charge on any atom is 0.0593 e. The molecule has 6 atom stereocenters. The number of fused-ring (bicyclic) bond motifs is 5. The van der Waals surface area contributed by atoms with E-state index in [-0.39, 0.29) is 0 Å². The van der Waals surface area contributed by atoms with Crippen molar-refractivity contribution in [3.8, 4) is 0 Å². The van der Waals surface area contributed by atoms with E-state index in [4.69, 9.17) is 4.99 Å². The normalized spacial score (nSPS) is 45.4. The first-order valence-corrected chi connectivity index (χ1v) is 11.2. The molecule has 0 spiro atoms. The summed E-state index contributed by atoms with van der Waals surface area (Å²) in [6.45, 7) is 14.5. The molecule has 144 valence electrons. The molecule has 1 heteroatoms. The molecule has 6 unspecified atom stereocenters. The van der Waals surface area contributed by atoms with Crippen molar-refractivity contribution in [2.75, 3.05) is 6.54 Å². The van der Waals surface area contributed by atoms with E-state index < -0.39 is 0 Å². The Balaban J connectivity index is 1.58. The topological polar surface area (TPSA) is 12.4 Å². The molecule has 0 aliphatic heterocycles. The van der Waals surface area contributed by atoms with Crippen molar-refractivity contribution in [1.82, 2.24) is 0 Å². The highest BCUT2D eigenvalue weighted by molar-refractivity contribution is 5.85. The van der Waals surface area contributed by atoms with Crippen LogP contribution in [0.1, 0.15) is 85.5 Å². The van der Waals surface area contributed by atoms with Gasteiger partial charge in [0.15, 0.2) is 0 Å². The summed E-state index contributed by atoms with van der Waals surface area (Å²) in [6, 6.07) is 0. The Morgan fingerprint density at radius 1 is 1.12 bits per heavy atom. The van der Waals surface area contributed by atoms with Gasteiger partial charge in [0.05, 0.1) is 6.54 Å². The monoisotopic (exact) mass is 353 g/mol. The van der Waals surface area contributed by atoms with E-state index in [0.717, 1.165) is 24.3 Å². The van der Waals surface area contributed by atoms with Crippen LogP contribution in [0, 0.1) is 34.5 Å². The maximum atomic E-state index is 4.93. The Hall–Kier alpha value is -0.850. The van der Waals surface area contributed by atoms with Crippen LogP contribution in [-0.2, 0) is 0 Å². The van der Waals surface area contributed by atoms with Crippen LogP contribution in [0.2, 0.25) is 0 Å². The van der Waals surface area contributed by atoms with Crippen LogP contribution in [-0.4, -0.2) is 12.3 Å². The van der Waals surface area contributed by atoms with Gasteiger partial charge in [-0.1, -0.05) is 37.6 Å². The van der Waals surface area contributed by atoms with Crippen LogP contribution < -0.4 is 0 Å². The largest absolute Gasteiger partial charge is 0.290 e. The number of allylic oxidation sites excluding steroid dienone is 2. The number of aliphatic imine (C=N–C) groups is 1. The van der Waals surface area contributed by atoms with Crippen LogP contribution in [0.4, 0.5) is 0 Å². The first kappa shape index (κ1) is 18.5. The molecule has 4 rings (SSSR count). The highest BCUT2D eigenvalue weighted by atomic mass is 14.8. The highest BCUT2D eigenvalue weighted by Gasteiger charge is 2.58. The number of nitrogens with zero attached hydrogens (tertiary/aromatic N) is 1. The Morgan fingerprint density at radius 2 is 1.92 bits per heavy atom. The minimum absolute atomic E-state index is 0.496. The van der Waals surface area contributed by atoms with Crippen molar-refractivity contribution in [1.29, 1.82) is 0 Å². The van der Waals surface area contributed by atoms with E-state index in [1.165, 1.54) is 69.1 Å². The predicted molar refractivity (Wildman–Crippen MR) is 113 cm³/mol. The van der Waals surface area contributed by atoms with Crippen LogP contribution in [0.25, 0.3) is 0 Å². The van der Waals surface area contributed by atoms with E-state index in [1.54, 1.807) is 0 Å². The third-order valence-corrected chi connectivity index (χ3v) is 9.13. The summed E-state index contributed by atoms with van der Waals surface area (Å²) in [6.07, 6.45) is 15.4. The van der Waals surface area contributed by atoms with Gasteiger partial charge in [-0.15, -0.1) is 0 Å². The van der Waals surface area contributed by atoms with Gasteiger partial charge in [0.25, 0.3) is 0 Å². The van der Waals surface area contributed by atoms with E-state index in [1.807, 2.05) is 5.57 Å². The maximum absolute atomic E-state index is 4.93. The van der Waals surface area contributed by atoms with Gasteiger partial charge in [-0.2, -0.15) is 0 Å². The molecule has 0 bridgehead atoms. The molecule has 0 heterocycles. The van der Waals surface area contributed by atoms with Crippen LogP contribution >= 0.6 is 0 Å². The summed E-state index contributed by atoms with van der Waals surface area (Å²) in [5, 5.41) is 0. The van der Waals surface area contributed by atoms with Crippen molar-refractivity contribution >= 4 is 5.71 Å². The molecule has 3 saturated carbocycles. The molecular weight excluding hydrogens is 314 g/mol. The van der Waals surface area contributed by atoms with E-state index in [9.17, 15) is 0 Å². The number of hydrogen-bond donors (Lipinski definition) is 0. The van der Waals surface area contributed by atoms with Gasteiger partial charge in [0, 0.05) is 11.6 Å². The fourth-order valence-corrected chi connectivity index (χ4v) is 7.81. The molecule has 26 heavy (non-hydrogen) atoms. The lowest BCUT2D eigenvalue weighted by Gasteiger charge is -2.58. The molecule has 0 radical (unpaired) electrons. The Labute approximate surface area is 161 Å². The van der Waals surface area contributed by atoms with Gasteiger partial charge in [0.1, 0.15) is 0 Å². The molecule has 0 aromatic rings. The zero-order chi connectivity index (χ0) is 18.5. The minimum Gasteiger partial charge on any atom is -0.290 e. The highest BCUT2D eigenvalue weighted by Crippen LogP contribution is 2.66. The second-order valence-electron chi connectivity index (χ2n) is 10.5. The Kier molecular flexibility index (Phi) is 4.73. The van der Waals surface area contributed by atoms with E-state index in [2.05, 4.69) is 40.3 Å². The van der Waals surface area contributed by atoms with Crippen molar-refractivity contribution in [3.63, 3.8) is 0 Å². The van der Waals surface area contributed by atoms with Crippen molar-refractivity contribution in [2.45, 2.75) is 85.5 Å². The van der Waals surface area contributed by atoms with E-state index in [0.29, 0.717) is 16.7 Å². The molecule has 0 aromatic heterocycles.